The normalized spacial score (nSPS) is 12.7. The van der Waals surface area contributed by atoms with Crippen molar-refractivity contribution in [3.63, 3.8) is 0 Å². The van der Waals surface area contributed by atoms with E-state index in [1.165, 1.54) is 10.5 Å². The molecule has 0 fully saturated rings. The third-order valence-electron chi connectivity index (χ3n) is 3.30. The number of nitrogens with zero attached hydrogens (tertiary/aromatic N) is 1. The summed E-state index contributed by atoms with van der Waals surface area (Å²) in [6.07, 6.45) is 0. The van der Waals surface area contributed by atoms with Crippen molar-refractivity contribution in [1.29, 1.82) is 0 Å². The highest BCUT2D eigenvalue weighted by Crippen LogP contribution is 2.18. The fraction of sp³-hybridized carbons (Fsp3) is 0.467. The summed E-state index contributed by atoms with van der Waals surface area (Å²) in [5, 5.41) is 3.25. The molecule has 1 aromatic carbocycles. The van der Waals surface area contributed by atoms with E-state index in [9.17, 15) is 9.59 Å². The van der Waals surface area contributed by atoms with Crippen LogP contribution in [0.25, 0.3) is 0 Å². The Morgan fingerprint density at radius 3 is 2.57 bits per heavy atom. The first kappa shape index (κ1) is 17.5. The van der Waals surface area contributed by atoms with Crippen molar-refractivity contribution in [2.75, 3.05) is 13.1 Å². The van der Waals surface area contributed by atoms with Crippen LogP contribution in [0.3, 0.4) is 0 Å². The lowest BCUT2D eigenvalue weighted by atomic mass is 10.0. The van der Waals surface area contributed by atoms with Crippen LogP contribution in [0.2, 0.25) is 0 Å². The van der Waals surface area contributed by atoms with E-state index in [2.05, 4.69) is 5.32 Å². The van der Waals surface area contributed by atoms with Gasteiger partial charge in [-0.25, -0.2) is 0 Å². The summed E-state index contributed by atoms with van der Waals surface area (Å²) in [4.78, 5) is 25.2. The van der Waals surface area contributed by atoms with Crippen LogP contribution in [-0.2, 0) is 17.9 Å². The average Bonchev–Trinajstić information content (AvgIpc) is 2.83. The molecule has 0 saturated carbocycles. The molecule has 2 amide bonds. The quantitative estimate of drug-likeness (QED) is 0.860. The van der Waals surface area contributed by atoms with Crippen LogP contribution < -0.4 is 11.1 Å². The van der Waals surface area contributed by atoms with Crippen molar-refractivity contribution < 1.29 is 9.59 Å². The second-order valence-corrected chi connectivity index (χ2v) is 5.63. The largest absolute Gasteiger partial charge is 0.368 e. The molecular weight excluding hydrogens is 290 g/mol. The molecule has 0 bridgehead atoms. The smallest absolute Gasteiger partial charge is 0.254 e. The number of nitrogens with two attached hydrogens (primary N) is 1. The lowest BCUT2D eigenvalue weighted by molar-refractivity contribution is -0.118. The summed E-state index contributed by atoms with van der Waals surface area (Å²) in [6.45, 7) is 6.14. The number of nitrogens with one attached hydrogen (secondary N) is 1. The summed E-state index contributed by atoms with van der Waals surface area (Å²) in [5.41, 5.74) is 8.23. The van der Waals surface area contributed by atoms with Crippen LogP contribution in [0.15, 0.2) is 18.2 Å². The molecule has 0 radical (unpaired) electrons. The lowest BCUT2D eigenvalue weighted by Crippen LogP contribution is -2.40. The van der Waals surface area contributed by atoms with Gasteiger partial charge in [-0.05, 0) is 29.2 Å². The Morgan fingerprint density at radius 2 is 1.95 bits per heavy atom. The molecule has 0 spiro atoms. The number of hydrogen-bond acceptors (Lipinski definition) is 3. The number of benzene rings is 1. The summed E-state index contributed by atoms with van der Waals surface area (Å²) >= 11 is 0. The molecule has 3 N–H and O–H groups in total. The van der Waals surface area contributed by atoms with Crippen molar-refractivity contribution in [1.82, 2.24) is 10.2 Å². The Morgan fingerprint density at radius 1 is 1.29 bits per heavy atom. The number of halogens is 1. The SMILES string of the molecule is CC(C)CN(CC(N)=O)C(=O)c1ccc2c(c1)CNC2.Cl. The molecule has 0 aromatic heterocycles. The van der Waals surface area contributed by atoms with E-state index in [0.29, 0.717) is 12.1 Å². The zero-order valence-electron chi connectivity index (χ0n) is 12.4. The van der Waals surface area contributed by atoms with E-state index in [4.69, 9.17) is 5.73 Å². The van der Waals surface area contributed by atoms with Gasteiger partial charge in [0, 0.05) is 25.2 Å². The Bertz CT molecular complexity index is 532. The van der Waals surface area contributed by atoms with E-state index in [-0.39, 0.29) is 30.8 Å². The number of amides is 2. The third kappa shape index (κ3) is 4.44. The number of carbonyl (C=O) groups excluding carboxylic acids is 2. The van der Waals surface area contributed by atoms with Crippen LogP contribution in [0.1, 0.15) is 35.3 Å². The first-order valence-electron chi connectivity index (χ1n) is 6.87. The number of hydrogen-bond donors (Lipinski definition) is 2. The van der Waals surface area contributed by atoms with Gasteiger partial charge in [-0.2, -0.15) is 0 Å². The average molecular weight is 312 g/mol. The van der Waals surface area contributed by atoms with Crippen LogP contribution in [0.4, 0.5) is 0 Å². The highest BCUT2D eigenvalue weighted by molar-refractivity contribution is 5.96. The molecule has 2 rings (SSSR count). The molecule has 0 saturated heterocycles. The van der Waals surface area contributed by atoms with Gasteiger partial charge in [0.2, 0.25) is 5.91 Å². The van der Waals surface area contributed by atoms with Gasteiger partial charge in [0.25, 0.3) is 5.91 Å². The maximum atomic E-state index is 12.5. The van der Waals surface area contributed by atoms with Gasteiger partial charge < -0.3 is 16.0 Å². The van der Waals surface area contributed by atoms with Crippen molar-refractivity contribution >= 4 is 24.2 Å². The number of carbonyl (C=O) groups is 2. The van der Waals surface area contributed by atoms with E-state index in [0.717, 1.165) is 18.7 Å². The van der Waals surface area contributed by atoms with Gasteiger partial charge in [0.05, 0.1) is 6.54 Å². The molecule has 21 heavy (non-hydrogen) atoms. The van der Waals surface area contributed by atoms with Gasteiger partial charge in [-0.1, -0.05) is 19.9 Å². The minimum atomic E-state index is -0.484. The van der Waals surface area contributed by atoms with Crippen LogP contribution in [0.5, 0.6) is 0 Å². The maximum Gasteiger partial charge on any atom is 0.254 e. The van der Waals surface area contributed by atoms with E-state index in [1.807, 2.05) is 32.0 Å². The van der Waals surface area contributed by atoms with E-state index < -0.39 is 5.91 Å². The van der Waals surface area contributed by atoms with Crippen molar-refractivity contribution in [3.8, 4) is 0 Å². The highest BCUT2D eigenvalue weighted by atomic mass is 35.5. The summed E-state index contributed by atoms with van der Waals surface area (Å²) in [6, 6.07) is 5.70. The first-order chi connectivity index (χ1) is 9.47. The third-order valence-corrected chi connectivity index (χ3v) is 3.30. The van der Waals surface area contributed by atoms with Gasteiger partial charge in [-0.3, -0.25) is 9.59 Å². The van der Waals surface area contributed by atoms with Crippen molar-refractivity contribution in [3.05, 3.63) is 34.9 Å². The molecule has 5 nitrogen and oxygen atoms in total. The summed E-state index contributed by atoms with van der Waals surface area (Å²) in [5.74, 6) is -0.330. The molecule has 0 atom stereocenters. The van der Waals surface area contributed by atoms with Crippen LogP contribution in [-0.4, -0.2) is 29.8 Å². The zero-order valence-corrected chi connectivity index (χ0v) is 13.2. The molecule has 1 heterocycles. The predicted molar refractivity (Wildman–Crippen MR) is 84.2 cm³/mol. The van der Waals surface area contributed by atoms with Gasteiger partial charge in [-0.15, -0.1) is 12.4 Å². The highest BCUT2D eigenvalue weighted by Gasteiger charge is 2.20. The second-order valence-electron chi connectivity index (χ2n) is 5.63. The summed E-state index contributed by atoms with van der Waals surface area (Å²) < 4.78 is 0. The summed E-state index contributed by atoms with van der Waals surface area (Å²) in [7, 11) is 0. The maximum absolute atomic E-state index is 12.5. The Hall–Kier alpha value is -1.59. The van der Waals surface area contributed by atoms with Gasteiger partial charge in [0.15, 0.2) is 0 Å². The van der Waals surface area contributed by atoms with Crippen molar-refractivity contribution in [2.45, 2.75) is 26.9 Å². The minimum absolute atomic E-state index is 0. The lowest BCUT2D eigenvalue weighted by Gasteiger charge is -2.23. The fourth-order valence-electron chi connectivity index (χ4n) is 2.46. The standard InChI is InChI=1S/C15H21N3O2.ClH/c1-10(2)8-18(9-14(16)19)15(20)11-3-4-12-6-17-7-13(12)5-11;/h3-5,10,17H,6-9H2,1-2H3,(H2,16,19);1H. The monoisotopic (exact) mass is 311 g/mol. The molecule has 6 heteroatoms. The van der Waals surface area contributed by atoms with E-state index in [1.54, 1.807) is 0 Å². The predicted octanol–water partition coefficient (Wildman–Crippen LogP) is 1.30. The second kappa shape index (κ2) is 7.43. The van der Waals surface area contributed by atoms with Gasteiger partial charge in [0.1, 0.15) is 0 Å². The topological polar surface area (TPSA) is 75.4 Å². The number of rotatable bonds is 5. The minimum Gasteiger partial charge on any atom is -0.368 e. The van der Waals surface area contributed by atoms with Crippen LogP contribution in [0, 0.1) is 5.92 Å². The number of primary amides is 1. The Labute approximate surface area is 131 Å². The van der Waals surface area contributed by atoms with Crippen molar-refractivity contribution in [2.24, 2.45) is 11.7 Å². The molecule has 0 unspecified atom stereocenters. The van der Waals surface area contributed by atoms with Crippen LogP contribution >= 0.6 is 12.4 Å². The molecule has 116 valence electrons. The number of fused-ring (bicyclic) bond motifs is 1. The molecule has 0 aliphatic carbocycles. The first-order valence-corrected chi connectivity index (χ1v) is 6.87. The fourth-order valence-corrected chi connectivity index (χ4v) is 2.46. The Balaban J connectivity index is 0.00000220. The molecule has 1 aliphatic heterocycles. The van der Waals surface area contributed by atoms with Gasteiger partial charge >= 0.3 is 0 Å². The van der Waals surface area contributed by atoms with E-state index >= 15 is 0 Å². The molecule has 1 aromatic rings. The Kier molecular flexibility index (Phi) is 6.18. The molecule has 1 aliphatic rings. The molecular formula is C15H22ClN3O2. The zero-order chi connectivity index (χ0) is 14.7.